The van der Waals surface area contributed by atoms with Gasteiger partial charge in [0.2, 0.25) is 0 Å². The molecule has 0 aromatic carbocycles. The summed E-state index contributed by atoms with van der Waals surface area (Å²) in [5.41, 5.74) is 1.67. The molecule has 0 aliphatic carbocycles. The summed E-state index contributed by atoms with van der Waals surface area (Å²) >= 11 is 0. The molecule has 0 saturated heterocycles. The third-order valence-corrected chi connectivity index (χ3v) is 2.76. The van der Waals surface area contributed by atoms with Crippen molar-refractivity contribution in [2.24, 2.45) is 0 Å². The quantitative estimate of drug-likeness (QED) is 0.299. The molecule has 0 heterocycles. The minimum atomic E-state index is -0.254. The molecule has 0 aliphatic heterocycles. The van der Waals surface area contributed by atoms with Crippen molar-refractivity contribution in [1.82, 2.24) is 0 Å². The average Bonchev–Trinajstić information content (AvgIpc) is 2.57. The smallest absolute Gasteiger partial charge is 0.163 e. The van der Waals surface area contributed by atoms with Crippen LogP contribution < -0.4 is 0 Å². The number of rotatable bonds is 11. The van der Waals surface area contributed by atoms with Crippen LogP contribution in [0.3, 0.4) is 0 Å². The van der Waals surface area contributed by atoms with Gasteiger partial charge in [0, 0.05) is 0 Å². The Hall–Kier alpha value is -3.00. The molecule has 0 unspecified atom stereocenters. The Morgan fingerprint density at radius 1 is 0.708 bits per heavy atom. The van der Waals surface area contributed by atoms with Crippen LogP contribution in [0.5, 0.6) is 0 Å². The first kappa shape index (κ1) is 21.0. The maximum atomic E-state index is 11.8. The van der Waals surface area contributed by atoms with E-state index in [0.29, 0.717) is 0 Å². The van der Waals surface area contributed by atoms with Crippen molar-refractivity contribution in [3.8, 4) is 0 Å². The lowest BCUT2D eigenvalue weighted by molar-refractivity contribution is -0.121. The molecule has 0 aromatic rings. The Labute approximate surface area is 145 Å². The lowest BCUT2D eigenvalue weighted by Gasteiger charge is -1.94. The highest BCUT2D eigenvalue weighted by Gasteiger charge is 2.03. The van der Waals surface area contributed by atoms with E-state index >= 15 is 0 Å². The number of carbonyl (C=O) groups is 2. The zero-order valence-corrected chi connectivity index (χ0v) is 14.2. The van der Waals surface area contributed by atoms with E-state index in [1.54, 1.807) is 54.7 Å². The highest BCUT2D eigenvalue weighted by atomic mass is 16.1. The summed E-state index contributed by atoms with van der Waals surface area (Å²) in [6.07, 6.45) is 21.7. The summed E-state index contributed by atoms with van der Waals surface area (Å²) in [6.45, 7) is 12.7. The van der Waals surface area contributed by atoms with Crippen molar-refractivity contribution in [2.45, 2.75) is 13.3 Å². The highest BCUT2D eigenvalue weighted by Crippen LogP contribution is 2.03. The number of ketones is 2. The van der Waals surface area contributed by atoms with Gasteiger partial charge in [0.05, 0.1) is 6.42 Å². The zero-order valence-electron chi connectivity index (χ0n) is 14.2. The van der Waals surface area contributed by atoms with Gasteiger partial charge < -0.3 is 0 Å². The Kier molecular flexibility index (Phi) is 11.9. The van der Waals surface area contributed by atoms with Crippen molar-refractivity contribution >= 4 is 11.6 Å². The van der Waals surface area contributed by atoms with Crippen molar-refractivity contribution in [1.29, 1.82) is 0 Å². The Morgan fingerprint density at radius 3 is 1.67 bits per heavy atom. The van der Waals surface area contributed by atoms with E-state index in [-0.39, 0.29) is 18.0 Å². The molecule has 0 amide bonds. The van der Waals surface area contributed by atoms with E-state index in [1.165, 1.54) is 12.2 Å². The fraction of sp³-hybridized carbons (Fsp3) is 0.0909. The van der Waals surface area contributed by atoms with Crippen LogP contribution in [0.4, 0.5) is 0 Å². The van der Waals surface area contributed by atoms with Gasteiger partial charge in [-0.05, 0) is 30.2 Å². The topological polar surface area (TPSA) is 34.1 Å². The monoisotopic (exact) mass is 320 g/mol. The summed E-state index contributed by atoms with van der Waals surface area (Å²) < 4.78 is 0. The first-order chi connectivity index (χ1) is 11.6. The first-order valence-corrected chi connectivity index (χ1v) is 7.56. The van der Waals surface area contributed by atoms with Crippen molar-refractivity contribution in [3.63, 3.8) is 0 Å². The van der Waals surface area contributed by atoms with Gasteiger partial charge in [-0.25, -0.2) is 0 Å². The minimum absolute atomic E-state index is 0.165. The molecular formula is C22H24O2. The van der Waals surface area contributed by atoms with E-state index in [0.717, 1.165) is 11.1 Å². The molecule has 2 nitrogen and oxygen atoms in total. The summed E-state index contributed by atoms with van der Waals surface area (Å²) in [6, 6.07) is 0. The summed E-state index contributed by atoms with van der Waals surface area (Å²) in [4.78, 5) is 23.7. The molecule has 0 bridgehead atoms. The van der Waals surface area contributed by atoms with Gasteiger partial charge in [0.25, 0.3) is 0 Å². The Morgan fingerprint density at radius 2 is 1.21 bits per heavy atom. The van der Waals surface area contributed by atoms with Gasteiger partial charge in [-0.15, -0.1) is 0 Å². The fourth-order valence-corrected chi connectivity index (χ4v) is 1.58. The van der Waals surface area contributed by atoms with Crippen LogP contribution in [0, 0.1) is 0 Å². The van der Waals surface area contributed by atoms with Crippen LogP contribution in [-0.2, 0) is 9.59 Å². The fourth-order valence-electron chi connectivity index (χ4n) is 1.58. The molecule has 0 rings (SSSR count). The molecule has 0 atom stereocenters. The SMILES string of the molecule is C=C\C=C/C(/C=C/C(=O)CC(=O)/C=C/C(/C=C\C=C)=C/C=C)=C\C. The molecule has 124 valence electrons. The maximum Gasteiger partial charge on any atom is 0.163 e. The van der Waals surface area contributed by atoms with E-state index in [2.05, 4.69) is 19.7 Å². The maximum absolute atomic E-state index is 11.8. The molecule has 2 heteroatoms. The van der Waals surface area contributed by atoms with Gasteiger partial charge in [0.15, 0.2) is 11.6 Å². The summed E-state index contributed by atoms with van der Waals surface area (Å²) in [5, 5.41) is 0. The zero-order chi connectivity index (χ0) is 18.2. The average molecular weight is 320 g/mol. The largest absolute Gasteiger partial charge is 0.294 e. The molecule has 0 radical (unpaired) electrons. The van der Waals surface area contributed by atoms with Gasteiger partial charge in [-0.1, -0.05) is 86.6 Å². The third-order valence-electron chi connectivity index (χ3n) is 2.76. The van der Waals surface area contributed by atoms with Crippen LogP contribution in [-0.4, -0.2) is 11.6 Å². The van der Waals surface area contributed by atoms with E-state index in [4.69, 9.17) is 0 Å². The molecule has 0 spiro atoms. The molecule has 0 aromatic heterocycles. The van der Waals surface area contributed by atoms with Crippen molar-refractivity contribution < 1.29 is 9.59 Å². The summed E-state index contributed by atoms with van der Waals surface area (Å²) in [7, 11) is 0. The molecular weight excluding hydrogens is 296 g/mol. The van der Waals surface area contributed by atoms with Crippen LogP contribution in [0.1, 0.15) is 13.3 Å². The summed E-state index contributed by atoms with van der Waals surface area (Å²) in [5.74, 6) is -0.498. The number of allylic oxidation sites excluding steroid dienone is 15. The van der Waals surface area contributed by atoms with Crippen LogP contribution in [0.2, 0.25) is 0 Å². The number of hydrogen-bond acceptors (Lipinski definition) is 2. The Balaban J connectivity index is 4.75. The second-order valence-corrected chi connectivity index (χ2v) is 4.66. The molecule has 0 saturated carbocycles. The number of carbonyl (C=O) groups excluding carboxylic acids is 2. The molecule has 0 fully saturated rings. The van der Waals surface area contributed by atoms with E-state index in [9.17, 15) is 9.59 Å². The van der Waals surface area contributed by atoms with Crippen molar-refractivity contribution in [2.75, 3.05) is 0 Å². The Bertz CT molecular complexity index is 647. The standard InChI is InChI=1S/C22H24O2/c1-5-9-12-19(8-4)14-16-21(23)18-22(24)17-15-20(11-7-3)13-10-6-2/h5-17H,1-3,18H2,4H3/b12-9-,13-10-,16-14+,17-15+,19-8+,20-11+. The second-order valence-electron chi connectivity index (χ2n) is 4.66. The lowest BCUT2D eigenvalue weighted by Crippen LogP contribution is -2.02. The van der Waals surface area contributed by atoms with Gasteiger partial charge in [-0.3, -0.25) is 9.59 Å². The van der Waals surface area contributed by atoms with Gasteiger partial charge in [0.1, 0.15) is 0 Å². The van der Waals surface area contributed by atoms with Gasteiger partial charge >= 0.3 is 0 Å². The third kappa shape index (κ3) is 10.7. The van der Waals surface area contributed by atoms with Crippen LogP contribution in [0.15, 0.2) is 110 Å². The van der Waals surface area contributed by atoms with Crippen LogP contribution in [0.25, 0.3) is 0 Å². The second kappa shape index (κ2) is 13.6. The highest BCUT2D eigenvalue weighted by molar-refractivity contribution is 6.08. The predicted octanol–water partition coefficient (Wildman–Crippen LogP) is 5.17. The minimum Gasteiger partial charge on any atom is -0.294 e. The molecule has 0 aliphatic rings. The van der Waals surface area contributed by atoms with E-state index in [1.807, 2.05) is 19.1 Å². The van der Waals surface area contributed by atoms with E-state index < -0.39 is 0 Å². The van der Waals surface area contributed by atoms with Gasteiger partial charge in [-0.2, -0.15) is 0 Å². The molecule has 24 heavy (non-hydrogen) atoms. The lowest BCUT2D eigenvalue weighted by atomic mass is 10.1. The first-order valence-electron chi connectivity index (χ1n) is 7.56. The van der Waals surface area contributed by atoms with Crippen LogP contribution >= 0.6 is 0 Å². The normalized spacial score (nSPS) is 13.2. The molecule has 0 N–H and O–H groups in total. The number of hydrogen-bond donors (Lipinski definition) is 0. The van der Waals surface area contributed by atoms with Crippen molar-refractivity contribution in [3.05, 3.63) is 110 Å². The predicted molar refractivity (Wildman–Crippen MR) is 104 cm³/mol.